The van der Waals surface area contributed by atoms with Gasteiger partial charge in [-0.2, -0.15) is 0 Å². The number of carbonyl (C=O) groups is 2. The van der Waals surface area contributed by atoms with Crippen LogP contribution in [0.3, 0.4) is 0 Å². The quantitative estimate of drug-likeness (QED) is 0.605. The van der Waals surface area contributed by atoms with Crippen molar-refractivity contribution in [1.82, 2.24) is 5.32 Å². The summed E-state index contributed by atoms with van der Waals surface area (Å²) in [5, 5.41) is 11.6. The first kappa shape index (κ1) is 18.9. The van der Waals surface area contributed by atoms with Gasteiger partial charge in [-0.25, -0.2) is 0 Å². The lowest BCUT2D eigenvalue weighted by Gasteiger charge is -2.30. The number of carbonyl (C=O) groups excluding carboxylic acids is 1. The molecule has 2 N–H and O–H groups in total. The number of ether oxygens (including phenoxy) is 1. The summed E-state index contributed by atoms with van der Waals surface area (Å²) < 4.78 is 5.12. The van der Waals surface area contributed by atoms with Gasteiger partial charge in [-0.05, 0) is 31.1 Å². The van der Waals surface area contributed by atoms with Gasteiger partial charge in [-0.15, -0.1) is 0 Å². The van der Waals surface area contributed by atoms with Crippen molar-refractivity contribution >= 4 is 11.9 Å². The molecule has 0 aliphatic rings. The fraction of sp³-hybridized carbons (Fsp3) is 0.867. The predicted molar refractivity (Wildman–Crippen MR) is 78.6 cm³/mol. The molecule has 5 heteroatoms. The first-order chi connectivity index (χ1) is 9.27. The molecule has 0 radical (unpaired) electrons. The number of amides is 1. The Kier molecular flexibility index (Phi) is 9.21. The number of carboxylic acid groups (broad SMARTS) is 1. The molecular weight excluding hydrogens is 258 g/mol. The fourth-order valence-corrected chi connectivity index (χ4v) is 2.09. The standard InChI is InChI=1S/C15H29NO4/c1-5-20-11-9-13(17)16-10-8-12(15(2,3)4)6-7-14(18)19/h12H,5-11H2,1-4H3,(H,16,17)(H,18,19). The minimum absolute atomic E-state index is 0.00987. The summed E-state index contributed by atoms with van der Waals surface area (Å²) in [4.78, 5) is 22.2. The van der Waals surface area contributed by atoms with Gasteiger partial charge in [0.2, 0.25) is 5.91 Å². The zero-order valence-electron chi connectivity index (χ0n) is 13.2. The Bertz CT molecular complexity index is 297. The first-order valence-corrected chi connectivity index (χ1v) is 7.33. The van der Waals surface area contributed by atoms with Crippen LogP contribution < -0.4 is 5.32 Å². The van der Waals surface area contributed by atoms with Crippen molar-refractivity contribution in [2.75, 3.05) is 19.8 Å². The maximum absolute atomic E-state index is 11.5. The molecule has 20 heavy (non-hydrogen) atoms. The van der Waals surface area contributed by atoms with Crippen LogP contribution in [0.1, 0.15) is 53.4 Å². The highest BCUT2D eigenvalue weighted by atomic mass is 16.5. The van der Waals surface area contributed by atoms with E-state index in [1.165, 1.54) is 0 Å². The van der Waals surface area contributed by atoms with Crippen LogP contribution in [0.25, 0.3) is 0 Å². The normalized spacial score (nSPS) is 13.0. The molecule has 0 aliphatic heterocycles. The van der Waals surface area contributed by atoms with Crippen LogP contribution in [-0.4, -0.2) is 36.7 Å². The van der Waals surface area contributed by atoms with Crippen LogP contribution in [0.5, 0.6) is 0 Å². The lowest BCUT2D eigenvalue weighted by molar-refractivity contribution is -0.137. The average molecular weight is 287 g/mol. The zero-order chi connectivity index (χ0) is 15.6. The minimum atomic E-state index is -0.764. The molecule has 0 spiro atoms. The third-order valence-electron chi connectivity index (χ3n) is 3.42. The molecule has 1 atom stereocenters. The maximum Gasteiger partial charge on any atom is 0.303 e. The zero-order valence-corrected chi connectivity index (χ0v) is 13.2. The lowest BCUT2D eigenvalue weighted by atomic mass is 9.76. The molecule has 1 amide bonds. The predicted octanol–water partition coefficient (Wildman–Crippen LogP) is 2.45. The number of hydrogen-bond donors (Lipinski definition) is 2. The monoisotopic (exact) mass is 287 g/mol. The molecule has 0 rings (SSSR count). The molecule has 118 valence electrons. The van der Waals surface area contributed by atoms with E-state index in [0.717, 1.165) is 6.42 Å². The van der Waals surface area contributed by atoms with E-state index in [4.69, 9.17) is 9.84 Å². The Morgan fingerprint density at radius 2 is 1.85 bits per heavy atom. The van der Waals surface area contributed by atoms with Crippen molar-refractivity contribution in [3.63, 3.8) is 0 Å². The Morgan fingerprint density at radius 3 is 2.35 bits per heavy atom. The van der Waals surface area contributed by atoms with Gasteiger partial charge in [0.25, 0.3) is 0 Å². The van der Waals surface area contributed by atoms with Gasteiger partial charge >= 0.3 is 5.97 Å². The molecule has 0 aromatic rings. The van der Waals surface area contributed by atoms with E-state index in [0.29, 0.717) is 32.6 Å². The van der Waals surface area contributed by atoms with E-state index >= 15 is 0 Å². The second-order valence-electron chi connectivity index (χ2n) is 6.08. The Morgan fingerprint density at radius 1 is 1.20 bits per heavy atom. The molecule has 0 aromatic carbocycles. The molecule has 1 unspecified atom stereocenters. The fourth-order valence-electron chi connectivity index (χ4n) is 2.09. The second kappa shape index (κ2) is 9.75. The summed E-state index contributed by atoms with van der Waals surface area (Å²) in [5.74, 6) is -0.491. The van der Waals surface area contributed by atoms with Gasteiger partial charge in [0.05, 0.1) is 6.61 Å². The Hall–Kier alpha value is -1.10. The van der Waals surface area contributed by atoms with Crippen molar-refractivity contribution in [1.29, 1.82) is 0 Å². The van der Waals surface area contributed by atoms with Crippen LogP contribution in [0, 0.1) is 11.3 Å². The van der Waals surface area contributed by atoms with Gasteiger partial charge in [-0.1, -0.05) is 20.8 Å². The van der Waals surface area contributed by atoms with Crippen molar-refractivity contribution < 1.29 is 19.4 Å². The van der Waals surface area contributed by atoms with E-state index < -0.39 is 5.97 Å². The topological polar surface area (TPSA) is 75.6 Å². The highest BCUT2D eigenvalue weighted by molar-refractivity contribution is 5.75. The highest BCUT2D eigenvalue weighted by Gasteiger charge is 2.24. The number of nitrogens with one attached hydrogen (secondary N) is 1. The van der Waals surface area contributed by atoms with Crippen molar-refractivity contribution in [3.05, 3.63) is 0 Å². The third kappa shape index (κ3) is 9.78. The first-order valence-electron chi connectivity index (χ1n) is 7.33. The van der Waals surface area contributed by atoms with Crippen LogP contribution in [0.2, 0.25) is 0 Å². The van der Waals surface area contributed by atoms with E-state index in [2.05, 4.69) is 26.1 Å². The van der Waals surface area contributed by atoms with Gasteiger partial charge < -0.3 is 15.2 Å². The summed E-state index contributed by atoms with van der Waals surface area (Å²) in [6.45, 7) is 9.88. The molecule has 0 fully saturated rings. The molecule has 0 heterocycles. The van der Waals surface area contributed by atoms with E-state index in [1.54, 1.807) is 0 Å². The van der Waals surface area contributed by atoms with Crippen LogP contribution in [0.15, 0.2) is 0 Å². The van der Waals surface area contributed by atoms with Gasteiger partial charge in [0, 0.05) is 26.0 Å². The highest BCUT2D eigenvalue weighted by Crippen LogP contribution is 2.32. The maximum atomic E-state index is 11.5. The number of carboxylic acids is 1. The largest absolute Gasteiger partial charge is 0.481 e. The molecule has 0 bridgehead atoms. The van der Waals surface area contributed by atoms with Gasteiger partial charge in [0.1, 0.15) is 0 Å². The number of rotatable bonds is 10. The molecule has 0 saturated carbocycles. The van der Waals surface area contributed by atoms with Crippen molar-refractivity contribution in [3.8, 4) is 0 Å². The van der Waals surface area contributed by atoms with E-state index in [1.807, 2.05) is 6.92 Å². The lowest BCUT2D eigenvalue weighted by Crippen LogP contribution is -2.30. The average Bonchev–Trinajstić information content (AvgIpc) is 2.31. The van der Waals surface area contributed by atoms with Crippen LogP contribution >= 0.6 is 0 Å². The molecule has 0 saturated heterocycles. The van der Waals surface area contributed by atoms with Crippen LogP contribution in [-0.2, 0) is 14.3 Å². The Labute approximate surface area is 122 Å². The van der Waals surface area contributed by atoms with Gasteiger partial charge in [0.15, 0.2) is 0 Å². The van der Waals surface area contributed by atoms with Gasteiger partial charge in [-0.3, -0.25) is 9.59 Å². The summed E-state index contributed by atoms with van der Waals surface area (Å²) in [7, 11) is 0. The molecule has 0 aliphatic carbocycles. The number of aliphatic carboxylic acids is 1. The Balaban J connectivity index is 4.01. The van der Waals surface area contributed by atoms with E-state index in [9.17, 15) is 9.59 Å². The summed E-state index contributed by atoms with van der Waals surface area (Å²) in [5.41, 5.74) is 0.0471. The van der Waals surface area contributed by atoms with Crippen molar-refractivity contribution in [2.45, 2.75) is 53.4 Å². The second-order valence-corrected chi connectivity index (χ2v) is 6.08. The van der Waals surface area contributed by atoms with Crippen LogP contribution in [0.4, 0.5) is 0 Å². The summed E-state index contributed by atoms with van der Waals surface area (Å²) >= 11 is 0. The SMILES string of the molecule is CCOCCC(=O)NCCC(CCC(=O)O)C(C)(C)C. The minimum Gasteiger partial charge on any atom is -0.481 e. The summed E-state index contributed by atoms with van der Waals surface area (Å²) in [6, 6.07) is 0. The smallest absolute Gasteiger partial charge is 0.303 e. The van der Waals surface area contributed by atoms with E-state index in [-0.39, 0.29) is 23.7 Å². The third-order valence-corrected chi connectivity index (χ3v) is 3.42. The van der Waals surface area contributed by atoms with Crippen molar-refractivity contribution in [2.24, 2.45) is 11.3 Å². The molecular formula is C15H29NO4. The molecule has 0 aromatic heterocycles. The summed E-state index contributed by atoms with van der Waals surface area (Å²) in [6.07, 6.45) is 2.01. The number of hydrogen-bond acceptors (Lipinski definition) is 3. The molecule has 5 nitrogen and oxygen atoms in total.